The van der Waals surface area contributed by atoms with Crippen LogP contribution in [0.5, 0.6) is 0 Å². The summed E-state index contributed by atoms with van der Waals surface area (Å²) in [6.07, 6.45) is 5.17. The molecule has 78 valence electrons. The molecule has 1 aliphatic rings. The number of halogens is 2. The molecule has 0 saturated heterocycles. The minimum Gasteiger partial charge on any atom is -0.271 e. The van der Waals surface area contributed by atoms with Gasteiger partial charge in [0.1, 0.15) is 0 Å². The lowest BCUT2D eigenvalue weighted by Gasteiger charge is -2.24. The topological polar surface area (TPSA) is 17.8 Å². The Balaban J connectivity index is 2.39. The maximum Gasteiger partial charge on any atom is 0.0635 e. The molecule has 1 saturated carbocycles. The highest BCUT2D eigenvalue weighted by Crippen LogP contribution is 2.44. The van der Waals surface area contributed by atoms with Crippen LogP contribution in [-0.2, 0) is 12.5 Å². The third-order valence-corrected chi connectivity index (χ3v) is 4.10. The van der Waals surface area contributed by atoms with E-state index in [1.165, 1.54) is 5.69 Å². The lowest BCUT2D eigenvalue weighted by molar-refractivity contribution is 0.446. The van der Waals surface area contributed by atoms with E-state index in [1.807, 2.05) is 17.9 Å². The Labute approximate surface area is 97.8 Å². The van der Waals surface area contributed by atoms with Gasteiger partial charge in [-0.15, -0.1) is 11.6 Å². The number of alkyl halides is 1. The average Bonchev–Trinajstić information content (AvgIpc) is 2.58. The molecule has 2 rings (SSSR count). The van der Waals surface area contributed by atoms with Crippen LogP contribution < -0.4 is 0 Å². The molecule has 0 radical (unpaired) electrons. The zero-order chi connectivity index (χ0) is 10.3. The van der Waals surface area contributed by atoms with Gasteiger partial charge in [0.2, 0.25) is 0 Å². The molecule has 2 unspecified atom stereocenters. The molecule has 2 atom stereocenters. The van der Waals surface area contributed by atoms with Crippen LogP contribution in [-0.4, -0.2) is 15.2 Å². The van der Waals surface area contributed by atoms with Crippen LogP contribution in [0.2, 0.25) is 0 Å². The number of rotatable bonds is 1. The molecular weight excluding hydrogens is 263 g/mol. The van der Waals surface area contributed by atoms with Gasteiger partial charge in [0, 0.05) is 17.8 Å². The zero-order valence-electron chi connectivity index (χ0n) is 8.43. The van der Waals surface area contributed by atoms with E-state index < -0.39 is 0 Å². The van der Waals surface area contributed by atoms with Crippen molar-refractivity contribution in [3.8, 4) is 0 Å². The molecule has 0 aliphatic heterocycles. The first-order valence-corrected chi connectivity index (χ1v) is 6.08. The SMILES string of the molecule is Cn1ncc(Br)c1C1(C)CCC(Cl)C1. The van der Waals surface area contributed by atoms with Gasteiger partial charge < -0.3 is 0 Å². The van der Waals surface area contributed by atoms with Crippen molar-refractivity contribution in [3.63, 3.8) is 0 Å². The summed E-state index contributed by atoms with van der Waals surface area (Å²) in [6, 6.07) is 0. The molecule has 1 heterocycles. The van der Waals surface area contributed by atoms with Crippen molar-refractivity contribution in [2.24, 2.45) is 7.05 Å². The van der Waals surface area contributed by atoms with Gasteiger partial charge in [-0.3, -0.25) is 4.68 Å². The quantitative estimate of drug-likeness (QED) is 0.721. The summed E-state index contributed by atoms with van der Waals surface area (Å²) < 4.78 is 3.06. The molecule has 14 heavy (non-hydrogen) atoms. The van der Waals surface area contributed by atoms with E-state index >= 15 is 0 Å². The third kappa shape index (κ3) is 1.61. The van der Waals surface area contributed by atoms with E-state index in [9.17, 15) is 0 Å². The molecule has 1 aromatic heterocycles. The smallest absolute Gasteiger partial charge is 0.0635 e. The van der Waals surface area contributed by atoms with Crippen molar-refractivity contribution in [1.29, 1.82) is 0 Å². The highest BCUT2D eigenvalue weighted by Gasteiger charge is 2.39. The van der Waals surface area contributed by atoms with Crippen molar-refractivity contribution in [2.75, 3.05) is 0 Å². The summed E-state index contributed by atoms with van der Waals surface area (Å²) in [4.78, 5) is 0. The fraction of sp³-hybridized carbons (Fsp3) is 0.700. The monoisotopic (exact) mass is 276 g/mol. The summed E-state index contributed by atoms with van der Waals surface area (Å²) in [5.74, 6) is 0. The summed E-state index contributed by atoms with van der Waals surface area (Å²) in [6.45, 7) is 2.27. The Bertz CT molecular complexity index is 330. The molecule has 0 N–H and O–H groups in total. The zero-order valence-corrected chi connectivity index (χ0v) is 10.8. The predicted molar refractivity (Wildman–Crippen MR) is 61.8 cm³/mol. The Morgan fingerprint density at radius 3 is 2.86 bits per heavy atom. The highest BCUT2D eigenvalue weighted by molar-refractivity contribution is 9.10. The van der Waals surface area contributed by atoms with Gasteiger partial charge in [0.25, 0.3) is 0 Å². The van der Waals surface area contributed by atoms with E-state index in [1.54, 1.807) is 0 Å². The first kappa shape index (κ1) is 10.5. The first-order chi connectivity index (χ1) is 6.53. The number of nitrogens with zero attached hydrogens (tertiary/aromatic N) is 2. The standard InChI is InChI=1S/C10H14BrClN2/c1-10(4-3-7(12)5-10)9-8(11)6-13-14(9)2/h6-7H,3-5H2,1-2H3. The maximum atomic E-state index is 6.17. The van der Waals surface area contributed by atoms with Crippen LogP contribution in [0.1, 0.15) is 31.9 Å². The number of aryl methyl sites for hydroxylation is 1. The van der Waals surface area contributed by atoms with Gasteiger partial charge in [-0.1, -0.05) is 6.92 Å². The molecule has 1 aliphatic carbocycles. The molecule has 4 heteroatoms. The minimum absolute atomic E-state index is 0.191. The maximum absolute atomic E-state index is 6.17. The average molecular weight is 278 g/mol. The molecule has 0 spiro atoms. The van der Waals surface area contributed by atoms with Crippen molar-refractivity contribution in [1.82, 2.24) is 9.78 Å². The van der Waals surface area contributed by atoms with Crippen molar-refractivity contribution in [3.05, 3.63) is 16.4 Å². The Morgan fingerprint density at radius 2 is 2.43 bits per heavy atom. The van der Waals surface area contributed by atoms with E-state index in [2.05, 4.69) is 28.0 Å². The van der Waals surface area contributed by atoms with Crippen LogP contribution in [0.15, 0.2) is 10.7 Å². The van der Waals surface area contributed by atoms with E-state index in [0.29, 0.717) is 5.38 Å². The fourth-order valence-electron chi connectivity index (χ4n) is 2.47. The van der Waals surface area contributed by atoms with Gasteiger partial charge >= 0.3 is 0 Å². The van der Waals surface area contributed by atoms with Crippen LogP contribution in [0, 0.1) is 0 Å². The molecule has 1 aromatic rings. The van der Waals surface area contributed by atoms with Crippen molar-refractivity contribution in [2.45, 2.75) is 37.0 Å². The van der Waals surface area contributed by atoms with Crippen LogP contribution in [0.25, 0.3) is 0 Å². The Hall–Kier alpha value is -0.0200. The minimum atomic E-state index is 0.191. The molecule has 0 amide bonds. The predicted octanol–water partition coefficient (Wildman–Crippen LogP) is 3.23. The molecule has 0 bridgehead atoms. The summed E-state index contributed by atoms with van der Waals surface area (Å²) in [5, 5.41) is 4.58. The normalized spacial score (nSPS) is 32.4. The largest absolute Gasteiger partial charge is 0.271 e. The van der Waals surface area contributed by atoms with Gasteiger partial charge in [-0.05, 0) is 35.2 Å². The van der Waals surface area contributed by atoms with E-state index in [0.717, 1.165) is 23.7 Å². The third-order valence-electron chi connectivity index (χ3n) is 3.15. The lowest BCUT2D eigenvalue weighted by Crippen LogP contribution is -2.22. The fourth-order valence-corrected chi connectivity index (χ4v) is 3.75. The van der Waals surface area contributed by atoms with Crippen molar-refractivity contribution >= 4 is 27.5 Å². The molecular formula is C10H14BrClN2. The Morgan fingerprint density at radius 1 is 1.71 bits per heavy atom. The molecule has 2 nitrogen and oxygen atoms in total. The number of aromatic nitrogens is 2. The van der Waals surface area contributed by atoms with Gasteiger partial charge in [0.05, 0.1) is 16.4 Å². The molecule has 1 fully saturated rings. The van der Waals surface area contributed by atoms with Crippen LogP contribution >= 0.6 is 27.5 Å². The highest BCUT2D eigenvalue weighted by atomic mass is 79.9. The number of hydrogen-bond acceptors (Lipinski definition) is 1. The van der Waals surface area contributed by atoms with Crippen LogP contribution in [0.3, 0.4) is 0 Å². The van der Waals surface area contributed by atoms with Gasteiger partial charge in [0.15, 0.2) is 0 Å². The summed E-state index contributed by atoms with van der Waals surface area (Å²) in [7, 11) is 1.99. The second kappa shape index (κ2) is 3.53. The van der Waals surface area contributed by atoms with Gasteiger partial charge in [-0.25, -0.2) is 0 Å². The molecule has 0 aromatic carbocycles. The first-order valence-electron chi connectivity index (χ1n) is 4.85. The lowest BCUT2D eigenvalue weighted by atomic mass is 9.85. The second-order valence-corrected chi connectivity index (χ2v) is 5.84. The number of hydrogen-bond donors (Lipinski definition) is 0. The van der Waals surface area contributed by atoms with Gasteiger partial charge in [-0.2, -0.15) is 5.10 Å². The summed E-state index contributed by atoms with van der Waals surface area (Å²) >= 11 is 9.73. The summed E-state index contributed by atoms with van der Waals surface area (Å²) in [5.41, 5.74) is 1.47. The Kier molecular flexibility index (Phi) is 2.64. The van der Waals surface area contributed by atoms with E-state index in [-0.39, 0.29) is 5.41 Å². The van der Waals surface area contributed by atoms with Crippen LogP contribution in [0.4, 0.5) is 0 Å². The van der Waals surface area contributed by atoms with Crippen molar-refractivity contribution < 1.29 is 0 Å². The van der Waals surface area contributed by atoms with E-state index in [4.69, 9.17) is 11.6 Å². The second-order valence-electron chi connectivity index (χ2n) is 4.37.